The summed E-state index contributed by atoms with van der Waals surface area (Å²) < 4.78 is 13.2. The van der Waals surface area contributed by atoms with Crippen molar-refractivity contribution in [3.8, 4) is 0 Å². The largest absolute Gasteiger partial charge is 0.481 e. The van der Waals surface area contributed by atoms with Gasteiger partial charge in [0.15, 0.2) is 0 Å². The van der Waals surface area contributed by atoms with Crippen molar-refractivity contribution in [2.45, 2.75) is 37.8 Å². The lowest BCUT2D eigenvalue weighted by molar-refractivity contribution is -0.137. The Kier molecular flexibility index (Phi) is 7.29. The minimum Gasteiger partial charge on any atom is -0.481 e. The van der Waals surface area contributed by atoms with Gasteiger partial charge in [-0.25, -0.2) is 4.39 Å². The van der Waals surface area contributed by atoms with Gasteiger partial charge < -0.3 is 15.5 Å². The molecule has 2 aromatic carbocycles. The molecule has 0 aliphatic carbocycles. The van der Waals surface area contributed by atoms with E-state index in [0.29, 0.717) is 12.0 Å². The number of rotatable bonds is 9. The van der Waals surface area contributed by atoms with E-state index >= 15 is 0 Å². The summed E-state index contributed by atoms with van der Waals surface area (Å²) in [6, 6.07) is 14.5. The minimum absolute atomic E-state index is 0.0652. The number of carboxylic acids is 1. The average molecular weight is 359 g/mol. The molecule has 1 amide bonds. The molecule has 3 N–H and O–H groups in total. The van der Waals surface area contributed by atoms with Crippen LogP contribution in [0, 0.1) is 5.82 Å². The second-order valence-corrected chi connectivity index (χ2v) is 6.16. The van der Waals surface area contributed by atoms with Crippen molar-refractivity contribution in [3.05, 3.63) is 71.5 Å². The van der Waals surface area contributed by atoms with Crippen molar-refractivity contribution >= 4 is 11.9 Å². The molecule has 0 aliphatic rings. The average Bonchev–Trinajstić information content (AvgIpc) is 2.60. The minimum atomic E-state index is -1.12. The van der Waals surface area contributed by atoms with E-state index in [9.17, 15) is 19.1 Å². The van der Waals surface area contributed by atoms with Gasteiger partial charge in [-0.05, 0) is 36.1 Å². The first-order valence-electron chi connectivity index (χ1n) is 8.42. The highest BCUT2D eigenvalue weighted by Crippen LogP contribution is 2.18. The first-order chi connectivity index (χ1) is 12.4. The Balaban J connectivity index is 1.96. The predicted molar refractivity (Wildman–Crippen MR) is 94.9 cm³/mol. The van der Waals surface area contributed by atoms with Gasteiger partial charge in [0.2, 0.25) is 5.91 Å². The molecule has 0 aliphatic heterocycles. The van der Waals surface area contributed by atoms with E-state index in [4.69, 9.17) is 5.11 Å². The molecule has 0 heterocycles. The topological polar surface area (TPSA) is 86.6 Å². The van der Waals surface area contributed by atoms with Crippen LogP contribution >= 0.6 is 0 Å². The molecule has 0 radical (unpaired) electrons. The van der Waals surface area contributed by atoms with Crippen LogP contribution in [0.3, 0.4) is 0 Å². The molecule has 0 saturated carbocycles. The molecule has 0 fully saturated rings. The predicted octanol–water partition coefficient (Wildman–Crippen LogP) is 2.84. The van der Waals surface area contributed by atoms with Gasteiger partial charge in [0.1, 0.15) is 5.82 Å². The standard InChI is InChI=1S/C20H22FNO4/c21-16-8-4-7-15(12-16)18(23)13-19(24)22-17(9-10-20(25)26)11-14-5-2-1-3-6-14/h1-8,12,17-18,23H,9-11,13H2,(H,22,24)(H,25,26). The summed E-state index contributed by atoms with van der Waals surface area (Å²) in [6.45, 7) is 0. The summed E-state index contributed by atoms with van der Waals surface area (Å²) in [5.41, 5.74) is 1.30. The van der Waals surface area contributed by atoms with Gasteiger partial charge in [0.25, 0.3) is 0 Å². The van der Waals surface area contributed by atoms with Gasteiger partial charge in [0, 0.05) is 12.5 Å². The molecular weight excluding hydrogens is 337 g/mol. The molecule has 2 unspecified atom stereocenters. The zero-order valence-electron chi connectivity index (χ0n) is 14.3. The van der Waals surface area contributed by atoms with Crippen LogP contribution in [0.5, 0.6) is 0 Å². The third kappa shape index (κ3) is 6.64. The number of carboxylic acid groups (broad SMARTS) is 1. The first kappa shape index (κ1) is 19.6. The molecule has 2 aromatic rings. The Morgan fingerprint density at radius 2 is 1.81 bits per heavy atom. The van der Waals surface area contributed by atoms with E-state index in [0.717, 1.165) is 5.56 Å². The number of carbonyl (C=O) groups is 2. The van der Waals surface area contributed by atoms with E-state index < -0.39 is 23.8 Å². The van der Waals surface area contributed by atoms with Crippen LogP contribution in [-0.4, -0.2) is 28.1 Å². The molecular formula is C20H22FNO4. The lowest BCUT2D eigenvalue weighted by Gasteiger charge is -2.19. The molecule has 0 saturated heterocycles. The number of amides is 1. The monoisotopic (exact) mass is 359 g/mol. The van der Waals surface area contributed by atoms with Crippen LogP contribution in [0.25, 0.3) is 0 Å². The third-order valence-corrected chi connectivity index (χ3v) is 4.01. The number of hydrogen-bond acceptors (Lipinski definition) is 3. The summed E-state index contributed by atoms with van der Waals surface area (Å²) in [4.78, 5) is 23.1. The Morgan fingerprint density at radius 1 is 1.08 bits per heavy atom. The molecule has 2 rings (SSSR count). The molecule has 0 bridgehead atoms. The van der Waals surface area contributed by atoms with Crippen molar-refractivity contribution in [1.82, 2.24) is 5.32 Å². The number of nitrogens with one attached hydrogen (secondary N) is 1. The van der Waals surface area contributed by atoms with E-state index in [-0.39, 0.29) is 25.3 Å². The van der Waals surface area contributed by atoms with Crippen LogP contribution < -0.4 is 5.32 Å². The summed E-state index contributed by atoms with van der Waals surface area (Å²) in [5.74, 6) is -1.82. The van der Waals surface area contributed by atoms with Crippen molar-refractivity contribution in [2.75, 3.05) is 0 Å². The smallest absolute Gasteiger partial charge is 0.303 e. The second kappa shape index (κ2) is 9.68. The molecule has 138 valence electrons. The number of halogens is 1. The van der Waals surface area contributed by atoms with Gasteiger partial charge in [-0.1, -0.05) is 42.5 Å². The highest BCUT2D eigenvalue weighted by molar-refractivity contribution is 5.77. The molecule has 0 spiro atoms. The number of hydrogen-bond donors (Lipinski definition) is 3. The highest BCUT2D eigenvalue weighted by Gasteiger charge is 2.18. The van der Waals surface area contributed by atoms with E-state index in [1.165, 1.54) is 18.2 Å². The number of aliphatic hydroxyl groups is 1. The zero-order valence-corrected chi connectivity index (χ0v) is 14.3. The summed E-state index contributed by atoms with van der Waals surface area (Å²) in [6.07, 6.45) is -0.629. The van der Waals surface area contributed by atoms with Crippen LogP contribution in [0.15, 0.2) is 54.6 Å². The summed E-state index contributed by atoms with van der Waals surface area (Å²) >= 11 is 0. The van der Waals surface area contributed by atoms with E-state index in [2.05, 4.69) is 5.32 Å². The molecule has 5 nitrogen and oxygen atoms in total. The summed E-state index contributed by atoms with van der Waals surface area (Å²) in [5, 5.41) is 21.8. The summed E-state index contributed by atoms with van der Waals surface area (Å²) in [7, 11) is 0. The van der Waals surface area contributed by atoms with Crippen molar-refractivity contribution in [1.29, 1.82) is 0 Å². The third-order valence-electron chi connectivity index (χ3n) is 4.01. The Labute approximate surface area is 151 Å². The second-order valence-electron chi connectivity index (χ2n) is 6.16. The SMILES string of the molecule is O=C(O)CCC(Cc1ccccc1)NC(=O)CC(O)c1cccc(F)c1. The van der Waals surface area contributed by atoms with Crippen LogP contribution in [0.2, 0.25) is 0 Å². The molecule has 2 atom stereocenters. The number of benzene rings is 2. The van der Waals surface area contributed by atoms with Gasteiger partial charge >= 0.3 is 5.97 Å². The van der Waals surface area contributed by atoms with E-state index in [1.54, 1.807) is 6.07 Å². The molecule has 26 heavy (non-hydrogen) atoms. The van der Waals surface area contributed by atoms with Crippen LogP contribution in [0.4, 0.5) is 4.39 Å². The van der Waals surface area contributed by atoms with Crippen molar-refractivity contribution in [2.24, 2.45) is 0 Å². The molecule has 6 heteroatoms. The lowest BCUT2D eigenvalue weighted by Crippen LogP contribution is -2.37. The number of aliphatic carboxylic acids is 1. The maximum atomic E-state index is 13.2. The number of carbonyl (C=O) groups excluding carboxylic acids is 1. The highest BCUT2D eigenvalue weighted by atomic mass is 19.1. The quantitative estimate of drug-likeness (QED) is 0.643. The fourth-order valence-corrected chi connectivity index (χ4v) is 2.72. The maximum absolute atomic E-state index is 13.2. The Hall–Kier alpha value is -2.73. The fraction of sp³-hybridized carbons (Fsp3) is 0.300. The van der Waals surface area contributed by atoms with Crippen LogP contribution in [-0.2, 0) is 16.0 Å². The molecule has 0 aromatic heterocycles. The first-order valence-corrected chi connectivity index (χ1v) is 8.42. The van der Waals surface area contributed by atoms with Crippen LogP contribution in [0.1, 0.15) is 36.5 Å². The Bertz CT molecular complexity index is 736. The Morgan fingerprint density at radius 3 is 2.46 bits per heavy atom. The van der Waals surface area contributed by atoms with Gasteiger partial charge in [-0.15, -0.1) is 0 Å². The van der Waals surface area contributed by atoms with Gasteiger partial charge in [0.05, 0.1) is 12.5 Å². The van der Waals surface area contributed by atoms with Gasteiger partial charge in [-0.3, -0.25) is 9.59 Å². The lowest BCUT2D eigenvalue weighted by atomic mass is 10.0. The van der Waals surface area contributed by atoms with Gasteiger partial charge in [-0.2, -0.15) is 0 Å². The van der Waals surface area contributed by atoms with Crippen molar-refractivity contribution < 1.29 is 24.2 Å². The maximum Gasteiger partial charge on any atom is 0.303 e. The van der Waals surface area contributed by atoms with E-state index in [1.807, 2.05) is 30.3 Å². The van der Waals surface area contributed by atoms with Crippen molar-refractivity contribution in [3.63, 3.8) is 0 Å². The normalized spacial score (nSPS) is 13.0. The zero-order chi connectivity index (χ0) is 18.9. The number of aliphatic hydroxyl groups excluding tert-OH is 1. The fourth-order valence-electron chi connectivity index (χ4n) is 2.72.